The fourth-order valence-corrected chi connectivity index (χ4v) is 0.588. The van der Waals surface area contributed by atoms with Crippen LogP contribution < -0.4 is 5.48 Å². The van der Waals surface area contributed by atoms with E-state index in [4.69, 9.17) is 5.26 Å². The molecule has 3 heteroatoms. The van der Waals surface area contributed by atoms with E-state index in [9.17, 15) is 0 Å². The SMILES string of the molecule is N#CONc1ccccc1. The van der Waals surface area contributed by atoms with Gasteiger partial charge in [-0.3, -0.25) is 0 Å². The Morgan fingerprint density at radius 2 is 2.00 bits per heavy atom. The lowest BCUT2D eigenvalue weighted by Crippen LogP contribution is -1.93. The van der Waals surface area contributed by atoms with Gasteiger partial charge in [0.2, 0.25) is 0 Å². The van der Waals surface area contributed by atoms with Crippen molar-refractivity contribution < 1.29 is 4.84 Å². The van der Waals surface area contributed by atoms with Crippen LogP contribution in [0.1, 0.15) is 0 Å². The minimum atomic E-state index is 0.768. The van der Waals surface area contributed by atoms with E-state index in [-0.39, 0.29) is 0 Å². The first-order valence-corrected chi connectivity index (χ1v) is 2.79. The van der Waals surface area contributed by atoms with Crippen molar-refractivity contribution in [1.82, 2.24) is 0 Å². The molecule has 0 saturated heterocycles. The number of hydrogen-bond donors (Lipinski definition) is 1. The molecule has 0 aliphatic rings. The standard InChI is InChI=1S/C7H6N2O/c8-6-10-9-7-4-2-1-3-5-7/h1-5,9H. The van der Waals surface area contributed by atoms with Crippen molar-refractivity contribution in [3.8, 4) is 6.26 Å². The smallest absolute Gasteiger partial charge is 0.302 e. The molecule has 0 unspecified atom stereocenters. The van der Waals surface area contributed by atoms with E-state index < -0.39 is 0 Å². The minimum Gasteiger partial charge on any atom is -0.302 e. The van der Waals surface area contributed by atoms with Gasteiger partial charge >= 0.3 is 6.26 Å². The molecule has 0 aromatic heterocycles. The van der Waals surface area contributed by atoms with Crippen LogP contribution in [0.15, 0.2) is 30.3 Å². The Kier molecular flexibility index (Phi) is 2.16. The van der Waals surface area contributed by atoms with Crippen LogP contribution in [0.4, 0.5) is 5.69 Å². The lowest BCUT2D eigenvalue weighted by molar-refractivity contribution is 0.354. The third kappa shape index (κ3) is 1.67. The molecule has 0 aliphatic heterocycles. The van der Waals surface area contributed by atoms with Gasteiger partial charge in [0.15, 0.2) is 0 Å². The van der Waals surface area contributed by atoms with Gasteiger partial charge in [-0.1, -0.05) is 18.2 Å². The third-order valence-corrected chi connectivity index (χ3v) is 0.988. The molecule has 0 heterocycles. The van der Waals surface area contributed by atoms with E-state index in [2.05, 4.69) is 10.3 Å². The topological polar surface area (TPSA) is 45.0 Å². The Morgan fingerprint density at radius 1 is 1.30 bits per heavy atom. The van der Waals surface area contributed by atoms with Crippen molar-refractivity contribution in [2.45, 2.75) is 0 Å². The molecule has 0 radical (unpaired) electrons. The Labute approximate surface area is 58.8 Å². The molecule has 10 heavy (non-hydrogen) atoms. The fraction of sp³-hybridized carbons (Fsp3) is 0. The van der Waals surface area contributed by atoms with Crippen LogP contribution in [0.2, 0.25) is 0 Å². The molecule has 1 aromatic carbocycles. The molecule has 1 N–H and O–H groups in total. The van der Waals surface area contributed by atoms with Gasteiger partial charge in [0.1, 0.15) is 0 Å². The first-order valence-electron chi connectivity index (χ1n) is 2.79. The number of nitriles is 1. The zero-order valence-electron chi connectivity index (χ0n) is 5.24. The summed E-state index contributed by atoms with van der Waals surface area (Å²) < 4.78 is 0. The van der Waals surface area contributed by atoms with Crippen LogP contribution in [-0.4, -0.2) is 0 Å². The molecule has 0 aliphatic carbocycles. The first-order chi connectivity index (χ1) is 4.93. The number of nitrogens with one attached hydrogen (secondary N) is 1. The van der Waals surface area contributed by atoms with Crippen molar-refractivity contribution in [2.75, 3.05) is 5.48 Å². The van der Waals surface area contributed by atoms with Gasteiger partial charge in [-0.05, 0) is 12.1 Å². The molecule has 0 fully saturated rings. The zero-order chi connectivity index (χ0) is 7.23. The Balaban J connectivity index is 2.52. The third-order valence-electron chi connectivity index (χ3n) is 0.988. The molecule has 3 nitrogen and oxygen atoms in total. The maximum Gasteiger partial charge on any atom is 0.314 e. The normalized spacial score (nSPS) is 7.90. The van der Waals surface area contributed by atoms with Crippen molar-refractivity contribution >= 4 is 5.69 Å². The Hall–Kier alpha value is -1.69. The van der Waals surface area contributed by atoms with Gasteiger partial charge in [0.25, 0.3) is 0 Å². The van der Waals surface area contributed by atoms with Crippen molar-refractivity contribution in [1.29, 1.82) is 5.26 Å². The molecule has 0 amide bonds. The van der Waals surface area contributed by atoms with Crippen molar-refractivity contribution in [3.05, 3.63) is 30.3 Å². The number of para-hydroxylation sites is 1. The summed E-state index contributed by atoms with van der Waals surface area (Å²) in [5.41, 5.74) is 3.20. The van der Waals surface area contributed by atoms with Crippen LogP contribution in [0.5, 0.6) is 0 Å². The highest BCUT2D eigenvalue weighted by molar-refractivity contribution is 5.40. The van der Waals surface area contributed by atoms with E-state index in [0.29, 0.717) is 0 Å². The molecule has 1 rings (SSSR count). The van der Waals surface area contributed by atoms with Crippen LogP contribution in [0, 0.1) is 11.5 Å². The lowest BCUT2D eigenvalue weighted by atomic mass is 10.3. The summed E-state index contributed by atoms with van der Waals surface area (Å²) in [7, 11) is 0. The monoisotopic (exact) mass is 134 g/mol. The maximum absolute atomic E-state index is 7.99. The summed E-state index contributed by atoms with van der Waals surface area (Å²) in [4.78, 5) is 4.28. The van der Waals surface area contributed by atoms with Gasteiger partial charge in [-0.15, -0.1) is 5.26 Å². The van der Waals surface area contributed by atoms with Crippen LogP contribution in [0.25, 0.3) is 0 Å². The first kappa shape index (κ1) is 6.43. The fourth-order valence-electron chi connectivity index (χ4n) is 0.588. The van der Waals surface area contributed by atoms with Gasteiger partial charge in [-0.25, -0.2) is 5.48 Å². The zero-order valence-corrected chi connectivity index (χ0v) is 5.24. The van der Waals surface area contributed by atoms with Crippen molar-refractivity contribution in [2.24, 2.45) is 0 Å². The molecule has 50 valence electrons. The molecule has 0 spiro atoms. The second-order valence-corrected chi connectivity index (χ2v) is 1.66. The Bertz CT molecular complexity index is 227. The quantitative estimate of drug-likeness (QED) is 0.492. The van der Waals surface area contributed by atoms with E-state index in [1.54, 1.807) is 12.1 Å². The highest BCUT2D eigenvalue weighted by Crippen LogP contribution is 2.03. The Morgan fingerprint density at radius 3 is 2.60 bits per heavy atom. The highest BCUT2D eigenvalue weighted by Gasteiger charge is 1.84. The van der Waals surface area contributed by atoms with Gasteiger partial charge in [0.05, 0.1) is 5.69 Å². The van der Waals surface area contributed by atoms with E-state index in [1.807, 2.05) is 18.2 Å². The van der Waals surface area contributed by atoms with Crippen LogP contribution in [-0.2, 0) is 4.84 Å². The van der Waals surface area contributed by atoms with Gasteiger partial charge in [-0.2, -0.15) is 0 Å². The highest BCUT2D eigenvalue weighted by atomic mass is 16.6. The second-order valence-electron chi connectivity index (χ2n) is 1.66. The number of nitrogens with zero attached hydrogens (tertiary/aromatic N) is 1. The molecular weight excluding hydrogens is 128 g/mol. The van der Waals surface area contributed by atoms with Crippen LogP contribution >= 0.6 is 0 Å². The minimum absolute atomic E-state index is 0.768. The molecule has 0 atom stereocenters. The number of hydrogen-bond acceptors (Lipinski definition) is 3. The lowest BCUT2D eigenvalue weighted by Gasteiger charge is -1.97. The molecule has 0 bridgehead atoms. The summed E-state index contributed by atoms with van der Waals surface area (Å²) in [5, 5.41) is 7.99. The largest absolute Gasteiger partial charge is 0.314 e. The van der Waals surface area contributed by atoms with Gasteiger partial charge < -0.3 is 4.84 Å². The number of rotatable bonds is 2. The van der Waals surface area contributed by atoms with Crippen LogP contribution in [0.3, 0.4) is 0 Å². The number of benzene rings is 1. The predicted molar refractivity (Wildman–Crippen MR) is 36.8 cm³/mol. The molecular formula is C7H6N2O. The number of anilines is 1. The summed E-state index contributed by atoms with van der Waals surface area (Å²) in [6.07, 6.45) is 1.51. The van der Waals surface area contributed by atoms with E-state index in [0.717, 1.165) is 5.69 Å². The average molecular weight is 134 g/mol. The summed E-state index contributed by atoms with van der Waals surface area (Å²) in [6, 6.07) is 9.19. The summed E-state index contributed by atoms with van der Waals surface area (Å²) in [6.45, 7) is 0. The van der Waals surface area contributed by atoms with E-state index >= 15 is 0 Å². The molecule has 1 aromatic rings. The second kappa shape index (κ2) is 3.36. The maximum atomic E-state index is 7.99. The molecule has 0 saturated carbocycles. The van der Waals surface area contributed by atoms with E-state index in [1.165, 1.54) is 6.26 Å². The van der Waals surface area contributed by atoms with Crippen molar-refractivity contribution in [3.63, 3.8) is 0 Å². The predicted octanol–water partition coefficient (Wildman–Crippen LogP) is 1.51. The summed E-state index contributed by atoms with van der Waals surface area (Å²) in [5.74, 6) is 0. The average Bonchev–Trinajstić information content (AvgIpc) is 2.03. The summed E-state index contributed by atoms with van der Waals surface area (Å²) >= 11 is 0. The van der Waals surface area contributed by atoms with Gasteiger partial charge in [0, 0.05) is 0 Å².